The van der Waals surface area contributed by atoms with Gasteiger partial charge in [0.1, 0.15) is 18.1 Å². The van der Waals surface area contributed by atoms with Crippen LogP contribution in [0.5, 0.6) is 11.5 Å². The maximum Gasteiger partial charge on any atom is 0.119 e. The van der Waals surface area contributed by atoms with Crippen molar-refractivity contribution < 1.29 is 14.6 Å². The first kappa shape index (κ1) is 12.8. The van der Waals surface area contributed by atoms with Gasteiger partial charge in [-0.25, -0.2) is 0 Å². The molecule has 0 saturated carbocycles. The molecular formula is C13H20O3. The fourth-order valence-corrected chi connectivity index (χ4v) is 1.21. The molecule has 3 heteroatoms. The zero-order chi connectivity index (χ0) is 11.8. The molecule has 0 spiro atoms. The van der Waals surface area contributed by atoms with Crippen LogP contribution in [0, 0.1) is 5.92 Å². The molecule has 0 aliphatic carbocycles. The van der Waals surface area contributed by atoms with Crippen LogP contribution in [0.1, 0.15) is 20.3 Å². The Hall–Kier alpha value is -1.22. The molecule has 0 saturated heterocycles. The van der Waals surface area contributed by atoms with Crippen molar-refractivity contribution in [3.8, 4) is 11.5 Å². The fourth-order valence-electron chi connectivity index (χ4n) is 1.21. The van der Waals surface area contributed by atoms with Gasteiger partial charge in [0.25, 0.3) is 0 Å². The van der Waals surface area contributed by atoms with E-state index in [0.29, 0.717) is 12.5 Å². The zero-order valence-electron chi connectivity index (χ0n) is 9.98. The quantitative estimate of drug-likeness (QED) is 0.773. The van der Waals surface area contributed by atoms with Crippen molar-refractivity contribution in [3.63, 3.8) is 0 Å². The van der Waals surface area contributed by atoms with Crippen molar-refractivity contribution in [3.05, 3.63) is 24.3 Å². The summed E-state index contributed by atoms with van der Waals surface area (Å²) in [6, 6.07) is 7.46. The van der Waals surface area contributed by atoms with Crippen molar-refractivity contribution in [2.45, 2.75) is 20.3 Å². The maximum absolute atomic E-state index is 8.60. The van der Waals surface area contributed by atoms with Crippen LogP contribution in [0.15, 0.2) is 24.3 Å². The SMILES string of the molecule is CC(C)CCOc1ccc(OCCO)cc1. The highest BCUT2D eigenvalue weighted by Gasteiger charge is 1.97. The molecule has 0 amide bonds. The highest BCUT2D eigenvalue weighted by atomic mass is 16.5. The van der Waals surface area contributed by atoms with E-state index < -0.39 is 0 Å². The molecule has 1 aromatic carbocycles. The fraction of sp³-hybridized carbons (Fsp3) is 0.538. The lowest BCUT2D eigenvalue weighted by atomic mass is 10.1. The first-order chi connectivity index (χ1) is 7.72. The van der Waals surface area contributed by atoms with Crippen LogP contribution >= 0.6 is 0 Å². The Kier molecular flexibility index (Phi) is 5.72. The molecule has 0 aliphatic rings. The lowest BCUT2D eigenvalue weighted by Crippen LogP contribution is -2.02. The van der Waals surface area contributed by atoms with E-state index in [-0.39, 0.29) is 6.61 Å². The predicted octanol–water partition coefficient (Wildman–Crippen LogP) is 2.48. The minimum absolute atomic E-state index is 0.0344. The van der Waals surface area contributed by atoms with Crippen LogP contribution in [0.25, 0.3) is 0 Å². The van der Waals surface area contributed by atoms with Gasteiger partial charge in [0.2, 0.25) is 0 Å². The van der Waals surface area contributed by atoms with Gasteiger partial charge >= 0.3 is 0 Å². The third-order valence-electron chi connectivity index (χ3n) is 2.15. The second-order valence-electron chi connectivity index (χ2n) is 4.07. The number of rotatable bonds is 7. The Morgan fingerprint density at radius 2 is 1.50 bits per heavy atom. The highest BCUT2D eigenvalue weighted by Crippen LogP contribution is 2.17. The summed E-state index contributed by atoms with van der Waals surface area (Å²) in [5.74, 6) is 2.27. The van der Waals surface area contributed by atoms with Gasteiger partial charge in [0.15, 0.2) is 0 Å². The van der Waals surface area contributed by atoms with Gasteiger partial charge in [0.05, 0.1) is 13.2 Å². The Bertz CT molecular complexity index is 280. The largest absolute Gasteiger partial charge is 0.494 e. The van der Waals surface area contributed by atoms with Crippen molar-refractivity contribution in [1.29, 1.82) is 0 Å². The summed E-state index contributed by atoms with van der Waals surface area (Å²) in [6.07, 6.45) is 1.06. The van der Waals surface area contributed by atoms with Crippen LogP contribution in [-0.2, 0) is 0 Å². The van der Waals surface area contributed by atoms with Crippen molar-refractivity contribution >= 4 is 0 Å². The molecule has 1 rings (SSSR count). The molecule has 0 bridgehead atoms. The van der Waals surface area contributed by atoms with E-state index in [1.54, 1.807) is 0 Å². The van der Waals surface area contributed by atoms with Gasteiger partial charge in [0, 0.05) is 0 Å². The van der Waals surface area contributed by atoms with Crippen molar-refractivity contribution in [2.24, 2.45) is 5.92 Å². The van der Waals surface area contributed by atoms with Crippen LogP contribution < -0.4 is 9.47 Å². The second-order valence-corrected chi connectivity index (χ2v) is 4.07. The first-order valence-electron chi connectivity index (χ1n) is 5.69. The van der Waals surface area contributed by atoms with Gasteiger partial charge in [-0.15, -0.1) is 0 Å². The first-order valence-corrected chi connectivity index (χ1v) is 5.69. The van der Waals surface area contributed by atoms with Gasteiger partial charge < -0.3 is 14.6 Å². The van der Waals surface area contributed by atoms with Crippen LogP contribution in [-0.4, -0.2) is 24.9 Å². The number of aliphatic hydroxyl groups excluding tert-OH is 1. The molecule has 0 unspecified atom stereocenters. The van der Waals surface area contributed by atoms with E-state index in [2.05, 4.69) is 13.8 Å². The number of benzene rings is 1. The predicted molar refractivity (Wildman–Crippen MR) is 64.0 cm³/mol. The van der Waals surface area contributed by atoms with E-state index in [0.717, 1.165) is 24.5 Å². The molecule has 90 valence electrons. The summed E-state index contributed by atoms with van der Waals surface area (Å²) in [5, 5.41) is 8.60. The van der Waals surface area contributed by atoms with Crippen LogP contribution in [0.4, 0.5) is 0 Å². The smallest absolute Gasteiger partial charge is 0.119 e. The molecule has 0 atom stereocenters. The zero-order valence-corrected chi connectivity index (χ0v) is 9.98. The summed E-state index contributed by atoms with van der Waals surface area (Å²) in [4.78, 5) is 0. The van der Waals surface area contributed by atoms with Gasteiger partial charge in [-0.3, -0.25) is 0 Å². The third kappa shape index (κ3) is 5.03. The molecular weight excluding hydrogens is 204 g/mol. The highest BCUT2D eigenvalue weighted by molar-refractivity contribution is 5.31. The van der Waals surface area contributed by atoms with E-state index in [1.807, 2.05) is 24.3 Å². The number of hydrogen-bond acceptors (Lipinski definition) is 3. The minimum atomic E-state index is 0.0344. The summed E-state index contributed by atoms with van der Waals surface area (Å²) in [5.41, 5.74) is 0. The molecule has 0 radical (unpaired) electrons. The van der Waals surface area contributed by atoms with Gasteiger partial charge in [-0.2, -0.15) is 0 Å². The average molecular weight is 224 g/mol. The Morgan fingerprint density at radius 3 is 1.94 bits per heavy atom. The number of aliphatic hydroxyl groups is 1. The Labute approximate surface area is 97.0 Å². The van der Waals surface area contributed by atoms with Crippen molar-refractivity contribution in [1.82, 2.24) is 0 Å². The number of hydrogen-bond donors (Lipinski definition) is 1. The van der Waals surface area contributed by atoms with E-state index in [1.165, 1.54) is 0 Å². The van der Waals surface area contributed by atoms with Crippen LogP contribution in [0.3, 0.4) is 0 Å². The van der Waals surface area contributed by atoms with E-state index in [4.69, 9.17) is 14.6 Å². The van der Waals surface area contributed by atoms with Crippen molar-refractivity contribution in [2.75, 3.05) is 19.8 Å². The molecule has 0 aromatic heterocycles. The Morgan fingerprint density at radius 1 is 1.00 bits per heavy atom. The van der Waals surface area contributed by atoms with Gasteiger partial charge in [-0.1, -0.05) is 13.8 Å². The average Bonchev–Trinajstić information content (AvgIpc) is 2.27. The summed E-state index contributed by atoms with van der Waals surface area (Å²) < 4.78 is 10.8. The minimum Gasteiger partial charge on any atom is -0.494 e. The molecule has 0 aliphatic heterocycles. The lowest BCUT2D eigenvalue weighted by molar-refractivity contribution is 0.201. The lowest BCUT2D eigenvalue weighted by Gasteiger charge is -2.09. The second kappa shape index (κ2) is 7.12. The Balaban J connectivity index is 2.33. The number of ether oxygens (including phenoxy) is 2. The van der Waals surface area contributed by atoms with Crippen LogP contribution in [0.2, 0.25) is 0 Å². The summed E-state index contributed by atoms with van der Waals surface area (Å²) in [6.45, 7) is 5.46. The molecule has 0 fully saturated rings. The van der Waals surface area contributed by atoms with E-state index in [9.17, 15) is 0 Å². The summed E-state index contributed by atoms with van der Waals surface area (Å²) in [7, 11) is 0. The van der Waals surface area contributed by atoms with Gasteiger partial charge in [-0.05, 0) is 36.6 Å². The third-order valence-corrected chi connectivity index (χ3v) is 2.15. The normalized spacial score (nSPS) is 10.5. The molecule has 1 N–H and O–H groups in total. The topological polar surface area (TPSA) is 38.7 Å². The molecule has 1 aromatic rings. The van der Waals surface area contributed by atoms with E-state index >= 15 is 0 Å². The maximum atomic E-state index is 8.60. The monoisotopic (exact) mass is 224 g/mol. The molecule has 0 heterocycles. The standard InChI is InChI=1S/C13H20O3/c1-11(2)7-9-15-12-3-5-13(6-4-12)16-10-8-14/h3-6,11,14H,7-10H2,1-2H3. The molecule has 16 heavy (non-hydrogen) atoms. The molecule has 3 nitrogen and oxygen atoms in total. The summed E-state index contributed by atoms with van der Waals surface area (Å²) >= 11 is 0.